The minimum absolute atomic E-state index is 0.358. The molecular formula is C21H26O3. The first-order valence-electron chi connectivity index (χ1n) is 8.32. The van der Waals surface area contributed by atoms with Crippen LogP contribution in [0.4, 0.5) is 0 Å². The van der Waals surface area contributed by atoms with Crippen LogP contribution in [0.2, 0.25) is 0 Å². The van der Waals surface area contributed by atoms with Gasteiger partial charge in [0.2, 0.25) is 0 Å². The van der Waals surface area contributed by atoms with E-state index in [0.717, 1.165) is 22.6 Å². The van der Waals surface area contributed by atoms with Gasteiger partial charge in [-0.15, -0.1) is 0 Å². The average molecular weight is 326 g/mol. The molecule has 0 spiro atoms. The minimum atomic E-state index is -0.358. The Bertz CT molecular complexity index is 712. The van der Waals surface area contributed by atoms with E-state index < -0.39 is 0 Å². The third-order valence-corrected chi connectivity index (χ3v) is 5.22. The van der Waals surface area contributed by atoms with Crippen molar-refractivity contribution in [3.63, 3.8) is 0 Å². The first-order valence-corrected chi connectivity index (χ1v) is 8.32. The number of hydrogen-bond acceptors (Lipinski definition) is 3. The first-order chi connectivity index (χ1) is 11.4. The summed E-state index contributed by atoms with van der Waals surface area (Å²) in [7, 11) is 3.49. The van der Waals surface area contributed by atoms with Crippen LogP contribution in [0, 0.1) is 27.7 Å². The van der Waals surface area contributed by atoms with Crippen LogP contribution in [0.15, 0.2) is 24.3 Å². The average Bonchev–Trinajstić information content (AvgIpc) is 2.52. The third-order valence-electron chi connectivity index (χ3n) is 5.22. The van der Waals surface area contributed by atoms with Gasteiger partial charge in [-0.1, -0.05) is 12.1 Å². The Morgan fingerprint density at radius 3 is 1.46 bits per heavy atom. The Labute approximate surface area is 144 Å². The molecule has 1 aliphatic rings. The van der Waals surface area contributed by atoms with Gasteiger partial charge in [0.15, 0.2) is 0 Å². The van der Waals surface area contributed by atoms with Crippen molar-refractivity contribution in [1.29, 1.82) is 0 Å². The lowest BCUT2D eigenvalue weighted by molar-refractivity contribution is 0.0742. The summed E-state index contributed by atoms with van der Waals surface area (Å²) < 4.78 is 17.6. The molecule has 0 radical (unpaired) electrons. The molecule has 2 aromatic carbocycles. The largest absolute Gasteiger partial charge is 0.457 e. The van der Waals surface area contributed by atoms with Gasteiger partial charge < -0.3 is 14.2 Å². The molecule has 128 valence electrons. The van der Waals surface area contributed by atoms with E-state index in [1.165, 1.54) is 22.3 Å². The molecule has 3 nitrogen and oxygen atoms in total. The summed E-state index contributed by atoms with van der Waals surface area (Å²) >= 11 is 0. The zero-order chi connectivity index (χ0) is 17.5. The number of rotatable bonds is 4. The first kappa shape index (κ1) is 17.0. The van der Waals surface area contributed by atoms with Gasteiger partial charge in [-0.25, -0.2) is 0 Å². The van der Waals surface area contributed by atoms with Gasteiger partial charge in [-0.3, -0.25) is 0 Å². The molecule has 0 N–H and O–H groups in total. The Hall–Kier alpha value is -1.84. The second-order valence-corrected chi connectivity index (χ2v) is 6.92. The lowest BCUT2D eigenvalue weighted by Crippen LogP contribution is -2.40. The molecule has 1 aliphatic heterocycles. The van der Waals surface area contributed by atoms with Gasteiger partial charge in [-0.2, -0.15) is 0 Å². The zero-order valence-corrected chi connectivity index (χ0v) is 15.4. The number of aryl methyl sites for hydroxylation is 4. The lowest BCUT2D eigenvalue weighted by Gasteiger charge is -2.40. The number of benzene rings is 2. The fourth-order valence-corrected chi connectivity index (χ4v) is 3.61. The number of methoxy groups -OCH3 is 2. The van der Waals surface area contributed by atoms with Crippen molar-refractivity contribution in [1.82, 2.24) is 0 Å². The van der Waals surface area contributed by atoms with E-state index in [9.17, 15) is 0 Å². The number of hydrogen-bond donors (Lipinski definition) is 0. The zero-order valence-electron chi connectivity index (χ0n) is 15.4. The molecule has 2 aromatic rings. The maximum Gasteiger partial charge on any atom is 0.132 e. The van der Waals surface area contributed by atoms with Crippen molar-refractivity contribution < 1.29 is 14.2 Å². The molecule has 24 heavy (non-hydrogen) atoms. The molecule has 3 heteroatoms. The van der Waals surface area contributed by atoms with E-state index in [1.807, 2.05) is 0 Å². The Balaban J connectivity index is 2.33. The second kappa shape index (κ2) is 6.23. The van der Waals surface area contributed by atoms with Crippen LogP contribution < -0.4 is 4.74 Å². The van der Waals surface area contributed by atoms with Crippen molar-refractivity contribution >= 4 is 0 Å². The highest BCUT2D eigenvalue weighted by Gasteiger charge is 2.43. The van der Waals surface area contributed by atoms with Gasteiger partial charge in [0, 0.05) is 25.3 Å². The Kier molecular flexibility index (Phi) is 4.41. The molecule has 0 fully saturated rings. The fraction of sp³-hybridized carbons (Fsp3) is 0.429. The van der Waals surface area contributed by atoms with Crippen LogP contribution in [0.1, 0.15) is 33.4 Å². The van der Waals surface area contributed by atoms with E-state index in [4.69, 9.17) is 14.2 Å². The predicted molar refractivity (Wildman–Crippen MR) is 96.4 cm³/mol. The summed E-state index contributed by atoms with van der Waals surface area (Å²) in [5.74, 6) is 1.81. The van der Waals surface area contributed by atoms with Crippen LogP contribution >= 0.6 is 0 Å². The quantitative estimate of drug-likeness (QED) is 0.821. The summed E-state index contributed by atoms with van der Waals surface area (Å²) in [5, 5.41) is 0. The number of ether oxygens (including phenoxy) is 3. The normalized spacial score (nSPS) is 14.8. The van der Waals surface area contributed by atoms with E-state index in [0.29, 0.717) is 13.2 Å². The molecule has 1 heterocycles. The molecule has 0 aromatic heterocycles. The molecular weight excluding hydrogens is 300 g/mol. The molecule has 0 amide bonds. The van der Waals surface area contributed by atoms with Gasteiger partial charge >= 0.3 is 0 Å². The van der Waals surface area contributed by atoms with Gasteiger partial charge in [0.05, 0.1) is 18.6 Å². The lowest BCUT2D eigenvalue weighted by atomic mass is 9.72. The number of fused-ring (bicyclic) bond motifs is 2. The monoisotopic (exact) mass is 326 g/mol. The standard InChI is InChI=1S/C21H26O3/c1-13-7-17-19(9-15(13)3)24-20-10-16(4)14(2)8-18(20)21(17,11-22-5)12-23-6/h7-10H,11-12H2,1-6H3. The van der Waals surface area contributed by atoms with Crippen molar-refractivity contribution in [3.8, 4) is 11.5 Å². The Morgan fingerprint density at radius 2 is 1.08 bits per heavy atom. The van der Waals surface area contributed by atoms with Crippen LogP contribution in [-0.2, 0) is 14.9 Å². The van der Waals surface area contributed by atoms with Crippen molar-refractivity contribution in [2.75, 3.05) is 27.4 Å². The predicted octanol–water partition coefficient (Wildman–Crippen LogP) is 4.60. The highest BCUT2D eigenvalue weighted by Crippen LogP contribution is 2.50. The highest BCUT2D eigenvalue weighted by molar-refractivity contribution is 5.61. The molecule has 3 rings (SSSR count). The van der Waals surface area contributed by atoms with Crippen LogP contribution in [0.3, 0.4) is 0 Å². The summed E-state index contributed by atoms with van der Waals surface area (Å²) in [6, 6.07) is 8.70. The van der Waals surface area contributed by atoms with Gasteiger partial charge in [0.25, 0.3) is 0 Å². The topological polar surface area (TPSA) is 27.7 Å². The molecule has 0 aliphatic carbocycles. The SMILES string of the molecule is COCC1(COC)c2cc(C)c(C)cc2Oc2cc(C)c(C)cc21. The fourth-order valence-electron chi connectivity index (χ4n) is 3.61. The molecule has 0 atom stereocenters. The van der Waals surface area contributed by atoms with E-state index in [2.05, 4.69) is 52.0 Å². The third kappa shape index (κ3) is 2.52. The molecule has 0 saturated carbocycles. The van der Waals surface area contributed by atoms with Crippen LogP contribution in [-0.4, -0.2) is 27.4 Å². The van der Waals surface area contributed by atoms with Gasteiger partial charge in [-0.05, 0) is 62.1 Å². The van der Waals surface area contributed by atoms with Crippen LogP contribution in [0.25, 0.3) is 0 Å². The smallest absolute Gasteiger partial charge is 0.132 e. The van der Waals surface area contributed by atoms with Crippen molar-refractivity contribution in [2.45, 2.75) is 33.1 Å². The summed E-state index contributed by atoms with van der Waals surface area (Å²) in [5.41, 5.74) is 6.88. The molecule has 0 unspecified atom stereocenters. The van der Waals surface area contributed by atoms with E-state index >= 15 is 0 Å². The molecule has 0 saturated heterocycles. The second-order valence-electron chi connectivity index (χ2n) is 6.92. The van der Waals surface area contributed by atoms with E-state index in [-0.39, 0.29) is 5.41 Å². The minimum Gasteiger partial charge on any atom is -0.457 e. The highest BCUT2D eigenvalue weighted by atomic mass is 16.5. The van der Waals surface area contributed by atoms with E-state index in [1.54, 1.807) is 14.2 Å². The maximum absolute atomic E-state index is 6.29. The van der Waals surface area contributed by atoms with Gasteiger partial charge in [0.1, 0.15) is 11.5 Å². The summed E-state index contributed by atoms with van der Waals surface area (Å²) in [6.45, 7) is 9.60. The van der Waals surface area contributed by atoms with Crippen molar-refractivity contribution in [2.24, 2.45) is 0 Å². The summed E-state index contributed by atoms with van der Waals surface area (Å²) in [6.07, 6.45) is 0. The summed E-state index contributed by atoms with van der Waals surface area (Å²) in [4.78, 5) is 0. The maximum atomic E-state index is 6.29. The molecule has 0 bridgehead atoms. The van der Waals surface area contributed by atoms with Crippen molar-refractivity contribution in [3.05, 3.63) is 57.6 Å². The Morgan fingerprint density at radius 1 is 0.708 bits per heavy atom. The van der Waals surface area contributed by atoms with Crippen LogP contribution in [0.5, 0.6) is 11.5 Å².